The first-order chi connectivity index (χ1) is 3.81. The summed E-state index contributed by atoms with van der Waals surface area (Å²) in [6, 6.07) is 0. The summed E-state index contributed by atoms with van der Waals surface area (Å²) in [5.74, 6) is 0.927. The third kappa shape index (κ3) is 0.510. The van der Waals surface area contributed by atoms with Crippen molar-refractivity contribution in [2.75, 3.05) is 13.2 Å². The van der Waals surface area contributed by atoms with Crippen LogP contribution in [-0.4, -0.2) is 13.2 Å². The quantitative estimate of drug-likeness (QED) is 0.460. The van der Waals surface area contributed by atoms with Crippen molar-refractivity contribution < 1.29 is 4.74 Å². The molecule has 0 bridgehead atoms. The van der Waals surface area contributed by atoms with E-state index in [-0.39, 0.29) is 0 Å². The maximum absolute atomic E-state index is 5.29. The lowest BCUT2D eigenvalue weighted by atomic mass is 10.0. The van der Waals surface area contributed by atoms with Crippen LogP contribution in [0.2, 0.25) is 0 Å². The molecule has 1 saturated carbocycles. The Bertz CT molecular complexity index is 109. The van der Waals surface area contributed by atoms with Crippen LogP contribution in [0, 0.1) is 11.3 Å². The van der Waals surface area contributed by atoms with Crippen LogP contribution in [0.25, 0.3) is 0 Å². The van der Waals surface area contributed by atoms with Gasteiger partial charge in [0.1, 0.15) is 0 Å². The molecule has 1 aliphatic carbocycles. The molecule has 1 aliphatic heterocycles. The van der Waals surface area contributed by atoms with E-state index in [9.17, 15) is 0 Å². The fourth-order valence-corrected chi connectivity index (χ4v) is 1.60. The molecule has 0 spiro atoms. The first-order valence-corrected chi connectivity index (χ1v) is 3.39. The fourth-order valence-electron chi connectivity index (χ4n) is 1.60. The Morgan fingerprint density at radius 3 is 3.00 bits per heavy atom. The smallest absolute Gasteiger partial charge is 0.0499 e. The molecule has 2 atom stereocenters. The molecule has 0 unspecified atom stereocenters. The van der Waals surface area contributed by atoms with Gasteiger partial charge in [0.25, 0.3) is 0 Å². The summed E-state index contributed by atoms with van der Waals surface area (Å²) in [5.41, 5.74) is 0.720. The molecule has 0 aromatic rings. The van der Waals surface area contributed by atoms with E-state index < -0.39 is 0 Å². The van der Waals surface area contributed by atoms with Gasteiger partial charge in [0.15, 0.2) is 0 Å². The average Bonchev–Trinajstić information content (AvgIpc) is 2.39. The normalized spacial score (nSPS) is 52.9. The predicted molar refractivity (Wildman–Crippen MR) is 31.6 cm³/mol. The summed E-state index contributed by atoms with van der Waals surface area (Å²) in [5, 5.41) is 0. The molecule has 8 heavy (non-hydrogen) atoms. The van der Waals surface area contributed by atoms with E-state index in [1.165, 1.54) is 12.8 Å². The van der Waals surface area contributed by atoms with Crippen LogP contribution in [0.15, 0.2) is 0 Å². The molecule has 0 amide bonds. The van der Waals surface area contributed by atoms with E-state index >= 15 is 0 Å². The minimum absolute atomic E-state index is 0.720. The van der Waals surface area contributed by atoms with E-state index in [1.54, 1.807) is 0 Å². The zero-order valence-electron chi connectivity index (χ0n) is 5.31. The van der Waals surface area contributed by atoms with Crippen molar-refractivity contribution in [1.82, 2.24) is 0 Å². The van der Waals surface area contributed by atoms with Crippen molar-refractivity contribution in [2.24, 2.45) is 11.3 Å². The predicted octanol–water partition coefficient (Wildman–Crippen LogP) is 1.43. The first kappa shape index (κ1) is 4.80. The summed E-state index contributed by atoms with van der Waals surface area (Å²) in [4.78, 5) is 0. The van der Waals surface area contributed by atoms with Crippen molar-refractivity contribution in [1.29, 1.82) is 0 Å². The molecule has 2 aliphatic rings. The van der Waals surface area contributed by atoms with Gasteiger partial charge >= 0.3 is 0 Å². The SMILES string of the molecule is C[C@]12CCOC[C@H]1C2. The zero-order valence-corrected chi connectivity index (χ0v) is 5.31. The van der Waals surface area contributed by atoms with Crippen LogP contribution in [0.4, 0.5) is 0 Å². The molecule has 0 N–H and O–H groups in total. The van der Waals surface area contributed by atoms with Crippen LogP contribution < -0.4 is 0 Å². The van der Waals surface area contributed by atoms with Gasteiger partial charge in [-0.1, -0.05) is 6.92 Å². The second-order valence-electron chi connectivity index (χ2n) is 3.38. The van der Waals surface area contributed by atoms with E-state index in [0.29, 0.717) is 0 Å². The average molecular weight is 112 g/mol. The van der Waals surface area contributed by atoms with E-state index in [4.69, 9.17) is 4.74 Å². The van der Waals surface area contributed by atoms with Crippen LogP contribution in [-0.2, 0) is 4.74 Å². The topological polar surface area (TPSA) is 9.23 Å². The highest BCUT2D eigenvalue weighted by Crippen LogP contribution is 2.56. The molecule has 46 valence electrons. The van der Waals surface area contributed by atoms with Crippen molar-refractivity contribution >= 4 is 0 Å². The zero-order chi connectivity index (χ0) is 5.61. The van der Waals surface area contributed by atoms with Gasteiger partial charge in [-0.2, -0.15) is 0 Å². The summed E-state index contributed by atoms with van der Waals surface area (Å²) in [6.45, 7) is 4.42. The maximum atomic E-state index is 5.29. The number of fused-ring (bicyclic) bond motifs is 1. The number of hydrogen-bond donors (Lipinski definition) is 0. The van der Waals surface area contributed by atoms with E-state index in [2.05, 4.69) is 6.92 Å². The molecule has 0 radical (unpaired) electrons. The monoisotopic (exact) mass is 112 g/mol. The molecule has 1 saturated heterocycles. The Kier molecular flexibility index (Phi) is 0.762. The Labute approximate surface area is 50.0 Å². The number of hydrogen-bond acceptors (Lipinski definition) is 1. The highest BCUT2D eigenvalue weighted by Gasteiger charge is 2.51. The van der Waals surface area contributed by atoms with Crippen LogP contribution in [0.5, 0.6) is 0 Å². The standard InChI is InChI=1S/C7H12O/c1-7-2-3-8-5-6(7)4-7/h6H,2-5H2,1H3/t6-,7-/m1/s1. The van der Waals surface area contributed by atoms with Gasteiger partial charge in [-0.25, -0.2) is 0 Å². The lowest BCUT2D eigenvalue weighted by Crippen LogP contribution is -2.14. The summed E-state index contributed by atoms with van der Waals surface area (Å²) < 4.78 is 5.29. The van der Waals surface area contributed by atoms with Gasteiger partial charge in [0.05, 0.1) is 0 Å². The summed E-state index contributed by atoms with van der Waals surface area (Å²) in [6.07, 6.45) is 2.73. The molecule has 1 nitrogen and oxygen atoms in total. The largest absolute Gasteiger partial charge is 0.381 e. The van der Waals surface area contributed by atoms with Crippen LogP contribution >= 0.6 is 0 Å². The number of ether oxygens (including phenoxy) is 1. The van der Waals surface area contributed by atoms with E-state index in [0.717, 1.165) is 24.5 Å². The van der Waals surface area contributed by atoms with Gasteiger partial charge < -0.3 is 4.74 Å². The molecule has 2 fully saturated rings. The van der Waals surface area contributed by atoms with Crippen molar-refractivity contribution in [3.05, 3.63) is 0 Å². The van der Waals surface area contributed by atoms with Gasteiger partial charge in [0, 0.05) is 13.2 Å². The van der Waals surface area contributed by atoms with Gasteiger partial charge in [-0.3, -0.25) is 0 Å². The Balaban J connectivity index is 2.04. The minimum atomic E-state index is 0.720. The van der Waals surface area contributed by atoms with Crippen molar-refractivity contribution in [3.63, 3.8) is 0 Å². The summed E-state index contributed by atoms with van der Waals surface area (Å²) >= 11 is 0. The second-order valence-corrected chi connectivity index (χ2v) is 3.38. The lowest BCUT2D eigenvalue weighted by molar-refractivity contribution is 0.0667. The first-order valence-electron chi connectivity index (χ1n) is 3.39. The Hall–Kier alpha value is -0.0400. The van der Waals surface area contributed by atoms with Crippen molar-refractivity contribution in [3.8, 4) is 0 Å². The Morgan fingerprint density at radius 1 is 1.62 bits per heavy atom. The molecule has 0 aromatic carbocycles. The van der Waals surface area contributed by atoms with Gasteiger partial charge in [-0.15, -0.1) is 0 Å². The molecule has 1 heteroatoms. The molecular weight excluding hydrogens is 100 g/mol. The third-order valence-electron chi connectivity index (χ3n) is 2.67. The Morgan fingerprint density at radius 2 is 2.50 bits per heavy atom. The molecular formula is C7H12O. The highest BCUT2D eigenvalue weighted by atomic mass is 16.5. The van der Waals surface area contributed by atoms with E-state index in [1.807, 2.05) is 0 Å². The molecule has 1 heterocycles. The highest BCUT2D eigenvalue weighted by molar-refractivity contribution is 5.00. The van der Waals surface area contributed by atoms with Gasteiger partial charge in [0.2, 0.25) is 0 Å². The fraction of sp³-hybridized carbons (Fsp3) is 1.00. The van der Waals surface area contributed by atoms with Crippen molar-refractivity contribution in [2.45, 2.75) is 19.8 Å². The third-order valence-corrected chi connectivity index (χ3v) is 2.67. The minimum Gasteiger partial charge on any atom is -0.381 e. The lowest BCUT2D eigenvalue weighted by Gasteiger charge is -2.16. The number of rotatable bonds is 0. The molecule has 0 aromatic heterocycles. The second kappa shape index (κ2) is 1.27. The molecule has 2 rings (SSSR count). The van der Waals surface area contributed by atoms with Gasteiger partial charge in [-0.05, 0) is 24.2 Å². The van der Waals surface area contributed by atoms with Crippen LogP contribution in [0.1, 0.15) is 19.8 Å². The maximum Gasteiger partial charge on any atom is 0.0499 e. The van der Waals surface area contributed by atoms with Crippen LogP contribution in [0.3, 0.4) is 0 Å². The summed E-state index contributed by atoms with van der Waals surface area (Å²) in [7, 11) is 0.